The molecule has 0 spiro atoms. The zero-order valence-corrected chi connectivity index (χ0v) is 15.1. The summed E-state index contributed by atoms with van der Waals surface area (Å²) in [5.41, 5.74) is 3.30. The van der Waals surface area contributed by atoms with E-state index in [1.54, 1.807) is 29.6 Å². The van der Waals surface area contributed by atoms with Crippen LogP contribution in [-0.2, 0) is 27.7 Å². The number of nitrogens with one attached hydrogen (secondary N) is 1. The molecule has 25 heavy (non-hydrogen) atoms. The summed E-state index contributed by atoms with van der Waals surface area (Å²) in [7, 11) is -2.15. The molecule has 1 aromatic carbocycles. The number of hydrogen-bond acceptors (Lipinski definition) is 5. The summed E-state index contributed by atoms with van der Waals surface area (Å²) in [6.45, 7) is 0.726. The fourth-order valence-corrected chi connectivity index (χ4v) is 5.73. The van der Waals surface area contributed by atoms with Crippen molar-refractivity contribution in [3.8, 4) is 0 Å². The first-order chi connectivity index (χ1) is 12.0. The molecule has 3 heterocycles. The van der Waals surface area contributed by atoms with Gasteiger partial charge in [-0.15, -0.1) is 11.3 Å². The molecule has 0 unspecified atom stereocenters. The van der Waals surface area contributed by atoms with Crippen LogP contribution < -0.4 is 0 Å². The van der Waals surface area contributed by atoms with Crippen LogP contribution in [0.1, 0.15) is 21.6 Å². The average Bonchev–Trinajstić information content (AvgIpc) is 3.28. The number of rotatable bonds is 3. The second kappa shape index (κ2) is 5.98. The number of carbonyl (C=O) groups is 1. The van der Waals surface area contributed by atoms with Crippen LogP contribution >= 0.6 is 11.3 Å². The first kappa shape index (κ1) is 16.3. The maximum atomic E-state index is 12.8. The Morgan fingerprint density at radius 1 is 1.32 bits per heavy atom. The Balaban J connectivity index is 1.76. The van der Waals surface area contributed by atoms with E-state index in [0.717, 1.165) is 22.2 Å². The number of carbonyl (C=O) groups excluding carboxylic acids is 1. The summed E-state index contributed by atoms with van der Waals surface area (Å²) in [6.07, 6.45) is 0.613. The van der Waals surface area contributed by atoms with Crippen LogP contribution in [-0.4, -0.2) is 37.3 Å². The lowest BCUT2D eigenvalue weighted by Crippen LogP contribution is -2.35. The number of thiophene rings is 1. The predicted octanol–water partition coefficient (Wildman–Crippen LogP) is 2.76. The minimum atomic E-state index is -3.49. The largest absolute Gasteiger partial charge is 0.465 e. The highest BCUT2D eigenvalue weighted by molar-refractivity contribution is 7.91. The minimum absolute atomic E-state index is 0.292. The predicted molar refractivity (Wildman–Crippen MR) is 95.3 cm³/mol. The Morgan fingerprint density at radius 2 is 2.16 bits per heavy atom. The van der Waals surface area contributed by atoms with Crippen molar-refractivity contribution in [1.29, 1.82) is 0 Å². The molecule has 0 amide bonds. The number of esters is 1. The molecule has 1 aliphatic rings. The van der Waals surface area contributed by atoms with Crippen molar-refractivity contribution >= 4 is 38.2 Å². The van der Waals surface area contributed by atoms with Gasteiger partial charge >= 0.3 is 5.97 Å². The number of methoxy groups -OCH3 is 1. The zero-order valence-electron chi connectivity index (χ0n) is 13.5. The van der Waals surface area contributed by atoms with Gasteiger partial charge in [-0.25, -0.2) is 13.2 Å². The number of H-pyrrole nitrogens is 1. The van der Waals surface area contributed by atoms with Crippen LogP contribution in [0.2, 0.25) is 0 Å². The van der Waals surface area contributed by atoms with Crippen LogP contribution in [0.15, 0.2) is 39.9 Å². The number of ether oxygens (including phenoxy) is 1. The van der Waals surface area contributed by atoms with E-state index in [-0.39, 0.29) is 0 Å². The van der Waals surface area contributed by atoms with E-state index in [2.05, 4.69) is 4.98 Å². The summed E-state index contributed by atoms with van der Waals surface area (Å²) in [4.78, 5) is 15.1. The normalized spacial score (nSPS) is 15.2. The van der Waals surface area contributed by atoms with Crippen molar-refractivity contribution in [2.75, 3.05) is 13.7 Å². The second-order valence-corrected chi connectivity index (χ2v) is 8.97. The van der Waals surface area contributed by atoms with Crippen molar-refractivity contribution in [3.63, 3.8) is 0 Å². The Morgan fingerprint density at radius 3 is 2.88 bits per heavy atom. The summed E-state index contributed by atoms with van der Waals surface area (Å²) in [5.74, 6) is -0.407. The summed E-state index contributed by atoms with van der Waals surface area (Å²) < 4.78 is 32.2. The molecule has 2 aromatic heterocycles. The number of aromatic amines is 1. The van der Waals surface area contributed by atoms with Gasteiger partial charge in [-0.2, -0.15) is 4.31 Å². The number of aromatic nitrogens is 1. The molecular formula is C17H16N2O4S2. The van der Waals surface area contributed by atoms with E-state index >= 15 is 0 Å². The maximum absolute atomic E-state index is 12.8. The number of hydrogen-bond donors (Lipinski definition) is 1. The van der Waals surface area contributed by atoms with Crippen molar-refractivity contribution in [3.05, 3.63) is 52.5 Å². The van der Waals surface area contributed by atoms with Crippen molar-refractivity contribution in [2.45, 2.75) is 17.2 Å². The molecular weight excluding hydrogens is 360 g/mol. The molecule has 3 aromatic rings. The first-order valence-corrected chi connectivity index (χ1v) is 10.1. The highest BCUT2D eigenvalue weighted by Gasteiger charge is 2.31. The molecule has 0 atom stereocenters. The number of fused-ring (bicyclic) bond motifs is 3. The first-order valence-electron chi connectivity index (χ1n) is 7.76. The van der Waals surface area contributed by atoms with Gasteiger partial charge in [-0.3, -0.25) is 0 Å². The number of sulfonamides is 1. The molecule has 4 rings (SSSR count). The smallest absolute Gasteiger partial charge is 0.337 e. The Hall–Kier alpha value is -2.16. The highest BCUT2D eigenvalue weighted by Crippen LogP contribution is 2.32. The fraction of sp³-hybridized carbons (Fsp3) is 0.235. The summed E-state index contributed by atoms with van der Waals surface area (Å²) in [6, 6.07) is 8.66. The van der Waals surface area contributed by atoms with Gasteiger partial charge in [0.1, 0.15) is 4.21 Å². The third-order valence-corrected chi connectivity index (χ3v) is 7.67. The summed E-state index contributed by atoms with van der Waals surface area (Å²) in [5, 5.41) is 2.63. The average molecular weight is 376 g/mol. The van der Waals surface area contributed by atoms with E-state index in [4.69, 9.17) is 4.74 Å². The lowest BCUT2D eigenvalue weighted by molar-refractivity contribution is 0.0601. The summed E-state index contributed by atoms with van der Waals surface area (Å²) >= 11 is 1.22. The lowest BCUT2D eigenvalue weighted by atomic mass is 10.0. The van der Waals surface area contributed by atoms with E-state index in [1.165, 1.54) is 22.8 Å². The van der Waals surface area contributed by atoms with E-state index in [9.17, 15) is 13.2 Å². The molecule has 6 nitrogen and oxygen atoms in total. The van der Waals surface area contributed by atoms with Gasteiger partial charge in [0.25, 0.3) is 10.0 Å². The van der Waals surface area contributed by atoms with Crippen LogP contribution in [0.5, 0.6) is 0 Å². The van der Waals surface area contributed by atoms with Crippen molar-refractivity contribution in [2.24, 2.45) is 0 Å². The van der Waals surface area contributed by atoms with Gasteiger partial charge in [0.2, 0.25) is 0 Å². The van der Waals surface area contributed by atoms with Crippen molar-refractivity contribution < 1.29 is 17.9 Å². The van der Waals surface area contributed by atoms with Gasteiger partial charge in [-0.1, -0.05) is 6.07 Å². The second-order valence-electron chi connectivity index (χ2n) is 5.85. The van der Waals surface area contributed by atoms with Crippen LogP contribution in [0, 0.1) is 0 Å². The Bertz CT molecular complexity index is 1050. The van der Waals surface area contributed by atoms with Gasteiger partial charge < -0.3 is 9.72 Å². The van der Waals surface area contributed by atoms with Crippen LogP contribution in [0.25, 0.3) is 10.9 Å². The van der Waals surface area contributed by atoms with E-state index in [0.29, 0.717) is 29.3 Å². The Labute approximate surface area is 149 Å². The lowest BCUT2D eigenvalue weighted by Gasteiger charge is -2.25. The molecule has 0 saturated carbocycles. The van der Waals surface area contributed by atoms with Gasteiger partial charge in [0.15, 0.2) is 0 Å². The standard InChI is InChI=1S/C17H16N2O4S2/c1-23-17(20)11-4-5-14-12(9-11)13-10-19(7-6-15(13)18-14)25(21,22)16-3-2-8-24-16/h2-5,8-9,18H,6-7,10H2,1H3. The quantitative estimate of drug-likeness (QED) is 0.713. The van der Waals surface area contributed by atoms with E-state index < -0.39 is 16.0 Å². The number of benzene rings is 1. The molecule has 0 bridgehead atoms. The minimum Gasteiger partial charge on any atom is -0.465 e. The maximum Gasteiger partial charge on any atom is 0.337 e. The molecule has 0 aliphatic carbocycles. The molecule has 0 radical (unpaired) electrons. The van der Waals surface area contributed by atoms with Crippen LogP contribution in [0.4, 0.5) is 0 Å². The fourth-order valence-electron chi connectivity index (χ4n) is 3.18. The SMILES string of the molecule is COC(=O)c1ccc2[nH]c3c(c2c1)CN(S(=O)(=O)c1cccs1)CC3. The number of nitrogens with zero attached hydrogens (tertiary/aromatic N) is 1. The van der Waals surface area contributed by atoms with Gasteiger partial charge in [0, 0.05) is 36.1 Å². The zero-order chi connectivity index (χ0) is 17.6. The Kier molecular flexibility index (Phi) is 3.90. The van der Waals surface area contributed by atoms with Gasteiger partial charge in [0.05, 0.1) is 12.7 Å². The van der Waals surface area contributed by atoms with Gasteiger partial charge in [-0.05, 0) is 35.2 Å². The van der Waals surface area contributed by atoms with Crippen LogP contribution in [0.3, 0.4) is 0 Å². The topological polar surface area (TPSA) is 79.5 Å². The van der Waals surface area contributed by atoms with Crippen molar-refractivity contribution in [1.82, 2.24) is 9.29 Å². The molecule has 1 aliphatic heterocycles. The third-order valence-electron chi connectivity index (χ3n) is 4.45. The molecule has 8 heteroatoms. The van der Waals surface area contributed by atoms with E-state index in [1.807, 2.05) is 6.07 Å². The molecule has 0 fully saturated rings. The third kappa shape index (κ3) is 2.66. The molecule has 130 valence electrons. The monoisotopic (exact) mass is 376 g/mol. The molecule has 1 N–H and O–H groups in total. The highest BCUT2D eigenvalue weighted by atomic mass is 32.2. The molecule has 0 saturated heterocycles.